The molecule has 0 aliphatic heterocycles. The van der Waals surface area contributed by atoms with Crippen molar-refractivity contribution in [2.24, 2.45) is 5.73 Å². The minimum atomic E-state index is -1.19. The number of nitrogens with two attached hydrogens (primary N) is 1. The SMILES string of the molecule is CC(C)(C)N(C(=O)O)c1cc(CN)ccc1F. The van der Waals surface area contributed by atoms with E-state index in [0.717, 1.165) is 4.90 Å². The summed E-state index contributed by atoms with van der Waals surface area (Å²) in [5.41, 5.74) is 5.47. The van der Waals surface area contributed by atoms with Gasteiger partial charge in [-0.25, -0.2) is 9.18 Å². The van der Waals surface area contributed by atoms with E-state index in [9.17, 15) is 14.3 Å². The van der Waals surface area contributed by atoms with Crippen LogP contribution in [0.3, 0.4) is 0 Å². The largest absolute Gasteiger partial charge is 0.465 e. The predicted molar refractivity (Wildman–Crippen MR) is 64.5 cm³/mol. The first kappa shape index (κ1) is 13.4. The molecule has 0 aromatic heterocycles. The third-order valence-corrected chi connectivity index (χ3v) is 2.35. The molecule has 5 heteroatoms. The Bertz CT molecular complexity index is 427. The molecule has 0 aliphatic carbocycles. The van der Waals surface area contributed by atoms with Gasteiger partial charge in [0.1, 0.15) is 5.82 Å². The Morgan fingerprint density at radius 2 is 2.06 bits per heavy atom. The highest BCUT2D eigenvalue weighted by molar-refractivity contribution is 5.87. The summed E-state index contributed by atoms with van der Waals surface area (Å²) in [7, 11) is 0. The second kappa shape index (κ2) is 4.71. The van der Waals surface area contributed by atoms with E-state index in [-0.39, 0.29) is 12.2 Å². The molecule has 1 aromatic rings. The Hall–Kier alpha value is -1.62. The fraction of sp³-hybridized carbons (Fsp3) is 0.417. The van der Waals surface area contributed by atoms with Crippen molar-refractivity contribution in [3.8, 4) is 0 Å². The fourth-order valence-corrected chi connectivity index (χ4v) is 1.61. The van der Waals surface area contributed by atoms with Gasteiger partial charge in [0.05, 0.1) is 5.69 Å². The van der Waals surface area contributed by atoms with Crippen molar-refractivity contribution in [2.45, 2.75) is 32.9 Å². The summed E-state index contributed by atoms with van der Waals surface area (Å²) in [5.74, 6) is -0.570. The van der Waals surface area contributed by atoms with Gasteiger partial charge in [-0.05, 0) is 38.5 Å². The Labute approximate surface area is 99.8 Å². The molecule has 17 heavy (non-hydrogen) atoms. The van der Waals surface area contributed by atoms with Gasteiger partial charge in [-0.3, -0.25) is 4.90 Å². The second-order valence-electron chi connectivity index (χ2n) is 4.78. The van der Waals surface area contributed by atoms with Gasteiger partial charge in [0.2, 0.25) is 0 Å². The molecule has 0 fully saturated rings. The van der Waals surface area contributed by atoms with Gasteiger partial charge in [0, 0.05) is 12.1 Å². The second-order valence-corrected chi connectivity index (χ2v) is 4.78. The molecule has 0 saturated heterocycles. The van der Waals surface area contributed by atoms with Gasteiger partial charge in [-0.1, -0.05) is 6.07 Å². The Balaban J connectivity index is 3.32. The maximum absolute atomic E-state index is 13.7. The standard InChI is InChI=1S/C12H17FN2O2/c1-12(2,3)15(11(16)17)10-6-8(7-14)4-5-9(10)13/h4-6H,7,14H2,1-3H3,(H,16,17). The highest BCUT2D eigenvalue weighted by atomic mass is 19.1. The number of nitrogens with zero attached hydrogens (tertiary/aromatic N) is 1. The van der Waals surface area contributed by atoms with Gasteiger partial charge in [0.25, 0.3) is 0 Å². The first-order valence-electron chi connectivity index (χ1n) is 5.29. The number of hydrogen-bond donors (Lipinski definition) is 2. The number of halogens is 1. The third-order valence-electron chi connectivity index (χ3n) is 2.35. The van der Waals surface area contributed by atoms with E-state index in [1.54, 1.807) is 26.8 Å². The van der Waals surface area contributed by atoms with Crippen molar-refractivity contribution in [3.63, 3.8) is 0 Å². The first-order valence-corrected chi connectivity index (χ1v) is 5.29. The average Bonchev–Trinajstić information content (AvgIpc) is 2.18. The molecule has 0 saturated carbocycles. The molecule has 4 nitrogen and oxygen atoms in total. The van der Waals surface area contributed by atoms with Gasteiger partial charge >= 0.3 is 6.09 Å². The molecule has 94 valence electrons. The lowest BCUT2D eigenvalue weighted by atomic mass is 10.0. The van der Waals surface area contributed by atoms with E-state index in [0.29, 0.717) is 5.56 Å². The smallest absolute Gasteiger partial charge is 0.412 e. The van der Waals surface area contributed by atoms with Crippen molar-refractivity contribution >= 4 is 11.8 Å². The van der Waals surface area contributed by atoms with Crippen LogP contribution < -0.4 is 10.6 Å². The lowest BCUT2D eigenvalue weighted by Crippen LogP contribution is -2.45. The van der Waals surface area contributed by atoms with Gasteiger partial charge < -0.3 is 10.8 Å². The Morgan fingerprint density at radius 3 is 2.47 bits per heavy atom. The monoisotopic (exact) mass is 240 g/mol. The van der Waals surface area contributed by atoms with Gasteiger partial charge in [0.15, 0.2) is 0 Å². The summed E-state index contributed by atoms with van der Waals surface area (Å²) < 4.78 is 13.7. The number of anilines is 1. The molecule has 1 aromatic carbocycles. The van der Waals surface area contributed by atoms with E-state index in [4.69, 9.17) is 5.73 Å². The van der Waals surface area contributed by atoms with E-state index in [2.05, 4.69) is 0 Å². The molecule has 0 spiro atoms. The molecule has 0 atom stereocenters. The van der Waals surface area contributed by atoms with Crippen molar-refractivity contribution in [2.75, 3.05) is 4.90 Å². The number of benzene rings is 1. The maximum atomic E-state index is 13.7. The predicted octanol–water partition coefficient (Wildman–Crippen LogP) is 2.57. The zero-order valence-electron chi connectivity index (χ0n) is 10.2. The zero-order chi connectivity index (χ0) is 13.2. The van der Waals surface area contributed by atoms with Crippen molar-refractivity contribution in [1.29, 1.82) is 0 Å². The molecule has 0 aliphatic rings. The number of amides is 1. The third kappa shape index (κ3) is 2.94. The minimum Gasteiger partial charge on any atom is -0.465 e. The van der Waals surface area contributed by atoms with Crippen LogP contribution in [0.5, 0.6) is 0 Å². The summed E-state index contributed by atoms with van der Waals surface area (Å²) in [6, 6.07) is 4.25. The molecule has 1 amide bonds. The normalized spacial score (nSPS) is 11.4. The van der Waals surface area contributed by atoms with Crippen LogP contribution in [-0.2, 0) is 6.54 Å². The quantitative estimate of drug-likeness (QED) is 0.834. The van der Waals surface area contributed by atoms with Crippen LogP contribution in [0.1, 0.15) is 26.3 Å². The minimum absolute atomic E-state index is 0.0351. The van der Waals surface area contributed by atoms with Gasteiger partial charge in [-0.2, -0.15) is 0 Å². The number of carboxylic acid groups (broad SMARTS) is 1. The van der Waals surface area contributed by atoms with Crippen LogP contribution in [0.4, 0.5) is 14.9 Å². The summed E-state index contributed by atoms with van der Waals surface area (Å²) in [6.07, 6.45) is -1.19. The molecule has 3 N–H and O–H groups in total. The highest BCUT2D eigenvalue weighted by Crippen LogP contribution is 2.27. The molecular weight excluding hydrogens is 223 g/mol. The van der Waals surface area contributed by atoms with E-state index in [1.807, 2.05) is 0 Å². The average molecular weight is 240 g/mol. The lowest BCUT2D eigenvalue weighted by molar-refractivity contribution is 0.195. The number of rotatable bonds is 2. The first-order chi connectivity index (χ1) is 7.77. The summed E-state index contributed by atoms with van der Waals surface area (Å²) in [6.45, 7) is 5.35. The van der Waals surface area contributed by atoms with Crippen LogP contribution in [0.15, 0.2) is 18.2 Å². The fourth-order valence-electron chi connectivity index (χ4n) is 1.61. The van der Waals surface area contributed by atoms with E-state index < -0.39 is 17.4 Å². The van der Waals surface area contributed by atoms with Crippen LogP contribution >= 0.6 is 0 Å². The zero-order valence-corrected chi connectivity index (χ0v) is 10.2. The summed E-state index contributed by atoms with van der Waals surface area (Å²) in [5, 5.41) is 9.18. The number of hydrogen-bond acceptors (Lipinski definition) is 2. The topological polar surface area (TPSA) is 66.6 Å². The van der Waals surface area contributed by atoms with Crippen LogP contribution in [0.25, 0.3) is 0 Å². The van der Waals surface area contributed by atoms with Crippen LogP contribution in [-0.4, -0.2) is 16.7 Å². The summed E-state index contributed by atoms with van der Waals surface area (Å²) >= 11 is 0. The Morgan fingerprint density at radius 1 is 1.47 bits per heavy atom. The molecule has 0 bridgehead atoms. The Kier molecular flexibility index (Phi) is 3.72. The van der Waals surface area contributed by atoms with Crippen LogP contribution in [0, 0.1) is 5.82 Å². The van der Waals surface area contributed by atoms with E-state index >= 15 is 0 Å². The highest BCUT2D eigenvalue weighted by Gasteiger charge is 2.30. The van der Waals surface area contributed by atoms with Gasteiger partial charge in [-0.15, -0.1) is 0 Å². The van der Waals surface area contributed by atoms with E-state index in [1.165, 1.54) is 12.1 Å². The molecular formula is C12H17FN2O2. The van der Waals surface area contributed by atoms with Crippen LogP contribution in [0.2, 0.25) is 0 Å². The van der Waals surface area contributed by atoms with Crippen molar-refractivity contribution in [3.05, 3.63) is 29.6 Å². The molecule has 1 rings (SSSR count). The molecule has 0 unspecified atom stereocenters. The maximum Gasteiger partial charge on any atom is 0.412 e. The number of carbonyl (C=O) groups is 1. The molecule has 0 heterocycles. The lowest BCUT2D eigenvalue weighted by Gasteiger charge is -2.33. The molecule has 0 radical (unpaired) electrons. The summed E-state index contributed by atoms with van der Waals surface area (Å²) in [4.78, 5) is 12.2. The van der Waals surface area contributed by atoms with Crippen molar-refractivity contribution in [1.82, 2.24) is 0 Å². The van der Waals surface area contributed by atoms with Crippen molar-refractivity contribution < 1.29 is 14.3 Å².